The fourth-order valence-corrected chi connectivity index (χ4v) is 1.000. The van der Waals surface area contributed by atoms with Crippen molar-refractivity contribution in [3.8, 4) is 0 Å². The van der Waals surface area contributed by atoms with E-state index in [1.54, 1.807) is 0 Å². The summed E-state index contributed by atoms with van der Waals surface area (Å²) in [6.07, 6.45) is 3.92. The first-order chi connectivity index (χ1) is 5.27. The van der Waals surface area contributed by atoms with Gasteiger partial charge in [0.15, 0.2) is 18.2 Å². The number of hydrogen-bond donors (Lipinski definition) is 3. The maximum atomic E-state index is 11.0. The Morgan fingerprint density at radius 2 is 2.27 bits per heavy atom. The molecule has 2 aliphatic rings. The van der Waals surface area contributed by atoms with Gasteiger partial charge in [0, 0.05) is 0 Å². The number of nitrogens with one attached hydrogen (secondary N) is 3. The van der Waals surface area contributed by atoms with Crippen molar-refractivity contribution in [3.05, 3.63) is 34.2 Å². The average Bonchev–Trinajstić information content (AvgIpc) is 2.31. The number of fused-ring (bicyclic) bond motifs is 1. The van der Waals surface area contributed by atoms with Crippen LogP contribution in [0.5, 0.6) is 0 Å². The van der Waals surface area contributed by atoms with Crippen LogP contribution in [0, 0.1) is 10.4 Å². The molecule has 0 bridgehead atoms. The second kappa shape index (κ2) is 2.14. The van der Waals surface area contributed by atoms with Crippen LogP contribution in [0.1, 0.15) is 0 Å². The average molecular weight is 154 g/mol. The fraction of sp³-hybridized carbons (Fsp3) is 0. The van der Waals surface area contributed by atoms with Crippen LogP contribution in [0.4, 0.5) is 0 Å². The minimum atomic E-state index is -0.259. The van der Waals surface area contributed by atoms with Gasteiger partial charge in [-0.3, -0.25) is 5.06 Å². The van der Waals surface area contributed by atoms with Gasteiger partial charge < -0.3 is 10.4 Å². The second-order valence-electron chi connectivity index (χ2n) is 2.23. The Labute approximate surface area is 62.2 Å². The normalized spacial score (nSPS) is 34.0. The van der Waals surface area contributed by atoms with Gasteiger partial charge >= 0.3 is 0 Å². The maximum Gasteiger partial charge on any atom is 0.223 e. The largest absolute Gasteiger partial charge is 0.622 e. The summed E-state index contributed by atoms with van der Waals surface area (Å²) in [7, 11) is 0. The first-order valence-electron chi connectivity index (χ1n) is 3.08. The third-order valence-electron chi connectivity index (χ3n) is 1.48. The summed E-state index contributed by atoms with van der Waals surface area (Å²) in [6.45, 7) is 0. The fourth-order valence-electron chi connectivity index (χ4n) is 1.000. The van der Waals surface area contributed by atoms with Crippen LogP contribution in [0.2, 0.25) is 0 Å². The zero-order chi connectivity index (χ0) is 7.84. The predicted octanol–water partition coefficient (Wildman–Crippen LogP) is -3.01. The lowest BCUT2D eigenvalue weighted by molar-refractivity contribution is -0.833. The van der Waals surface area contributed by atoms with Gasteiger partial charge in [0.1, 0.15) is 0 Å². The number of quaternary nitrogens is 2. The number of rotatable bonds is 0. The molecule has 58 valence electrons. The number of hydrogen-bond acceptors (Lipinski definition) is 4. The third-order valence-corrected chi connectivity index (χ3v) is 1.48. The van der Waals surface area contributed by atoms with E-state index in [0.29, 0.717) is 11.4 Å². The monoisotopic (exact) mass is 154 g/mol. The quantitative estimate of drug-likeness (QED) is 0.325. The van der Waals surface area contributed by atoms with Crippen LogP contribution in [0.3, 0.4) is 0 Å². The molecule has 6 nitrogen and oxygen atoms in total. The van der Waals surface area contributed by atoms with E-state index in [9.17, 15) is 10.4 Å². The molecule has 0 amide bonds. The van der Waals surface area contributed by atoms with Crippen LogP contribution in [0.25, 0.3) is 0 Å². The minimum absolute atomic E-state index is 0.221. The minimum Gasteiger partial charge on any atom is -0.622 e. The first kappa shape index (κ1) is 6.50. The highest BCUT2D eigenvalue weighted by Crippen LogP contribution is 2.01. The van der Waals surface area contributed by atoms with Crippen molar-refractivity contribution in [3.63, 3.8) is 0 Å². The van der Waals surface area contributed by atoms with Crippen LogP contribution in [0.15, 0.2) is 28.8 Å². The van der Waals surface area contributed by atoms with Gasteiger partial charge in [0.25, 0.3) is 0 Å². The predicted molar refractivity (Wildman–Crippen MR) is 36.5 cm³/mol. The summed E-state index contributed by atoms with van der Waals surface area (Å²) in [5.41, 5.74) is 3.39. The highest BCUT2D eigenvalue weighted by atomic mass is 16.5. The van der Waals surface area contributed by atoms with E-state index in [0.717, 1.165) is 0 Å². The van der Waals surface area contributed by atoms with Crippen molar-refractivity contribution in [2.24, 2.45) is 4.99 Å². The highest BCUT2D eigenvalue weighted by molar-refractivity contribution is 5.51. The summed E-state index contributed by atoms with van der Waals surface area (Å²) >= 11 is 0. The van der Waals surface area contributed by atoms with Crippen molar-refractivity contribution in [2.45, 2.75) is 0 Å². The molecule has 2 heterocycles. The number of aliphatic imine (C=N–C) groups is 1. The van der Waals surface area contributed by atoms with Crippen molar-refractivity contribution < 1.29 is 10.2 Å². The Hall–Kier alpha value is -1.21. The van der Waals surface area contributed by atoms with Gasteiger partial charge in [0.05, 0.1) is 6.20 Å². The van der Waals surface area contributed by atoms with Crippen LogP contribution in [-0.2, 0) is 0 Å². The Balaban J connectivity index is 2.36. The molecule has 2 rings (SSSR count). The second-order valence-corrected chi connectivity index (χ2v) is 2.23. The zero-order valence-electron chi connectivity index (χ0n) is 5.50. The molecule has 11 heavy (non-hydrogen) atoms. The molecule has 0 radical (unpaired) electrons. The Kier molecular flexibility index (Phi) is 1.26. The molecule has 0 spiro atoms. The van der Waals surface area contributed by atoms with Gasteiger partial charge in [-0.1, -0.05) is 0 Å². The number of hydroxylamine groups is 3. The smallest absolute Gasteiger partial charge is 0.223 e. The lowest BCUT2D eigenvalue weighted by Crippen LogP contribution is -3.08. The lowest BCUT2D eigenvalue weighted by Gasteiger charge is -2.17. The molecular weight excluding hydrogens is 148 g/mol. The lowest BCUT2D eigenvalue weighted by atomic mass is 10.3. The first-order valence-corrected chi connectivity index (χ1v) is 3.08. The van der Waals surface area contributed by atoms with E-state index >= 15 is 0 Å². The van der Waals surface area contributed by atoms with Crippen molar-refractivity contribution in [1.82, 2.24) is 5.43 Å². The third kappa shape index (κ3) is 0.938. The summed E-state index contributed by atoms with van der Waals surface area (Å²) < 4.78 is 0. The summed E-state index contributed by atoms with van der Waals surface area (Å²) in [6, 6.07) is 0. The van der Waals surface area contributed by atoms with Crippen molar-refractivity contribution >= 4 is 6.34 Å². The molecule has 0 aliphatic carbocycles. The SMILES string of the molecule is [O-][NH+]1C=C2C(=CN=C[NH+]2[O-])N1. The van der Waals surface area contributed by atoms with E-state index in [4.69, 9.17) is 0 Å². The van der Waals surface area contributed by atoms with Gasteiger partial charge in [-0.15, -0.1) is 0 Å². The molecule has 2 aliphatic heterocycles. The molecule has 6 heteroatoms. The Bertz CT molecular complexity index is 270. The van der Waals surface area contributed by atoms with E-state index in [1.807, 2.05) is 0 Å². The van der Waals surface area contributed by atoms with Crippen LogP contribution in [-0.4, -0.2) is 6.34 Å². The maximum absolute atomic E-state index is 11.0. The molecule has 0 saturated carbocycles. The standard InChI is InChI=1S/C5H6N4O2/c10-8-3-6-1-4-5(8)2-9(11)7-4/h1-3,7-9H. The summed E-state index contributed by atoms with van der Waals surface area (Å²) in [5, 5.41) is 21.2. The van der Waals surface area contributed by atoms with E-state index in [1.165, 1.54) is 18.7 Å². The van der Waals surface area contributed by atoms with E-state index < -0.39 is 0 Å². The Morgan fingerprint density at radius 1 is 1.45 bits per heavy atom. The van der Waals surface area contributed by atoms with Gasteiger partial charge in [0.2, 0.25) is 5.70 Å². The molecule has 0 fully saturated rings. The van der Waals surface area contributed by atoms with E-state index in [2.05, 4.69) is 10.4 Å². The van der Waals surface area contributed by atoms with Crippen molar-refractivity contribution in [1.29, 1.82) is 0 Å². The van der Waals surface area contributed by atoms with Crippen LogP contribution >= 0.6 is 0 Å². The summed E-state index contributed by atoms with van der Waals surface area (Å²) in [5.74, 6) is 0. The van der Waals surface area contributed by atoms with E-state index in [-0.39, 0.29) is 10.2 Å². The molecule has 0 saturated heterocycles. The molecule has 2 unspecified atom stereocenters. The molecule has 0 aromatic rings. The van der Waals surface area contributed by atoms with Crippen LogP contribution < -0.4 is 15.7 Å². The molecule has 0 aromatic carbocycles. The molecular formula is C5H6N4O2. The summed E-state index contributed by atoms with van der Waals surface area (Å²) in [4.78, 5) is 3.64. The molecule has 2 atom stereocenters. The van der Waals surface area contributed by atoms with Gasteiger partial charge in [-0.2, -0.15) is 0 Å². The topological polar surface area (TPSA) is 79.4 Å². The number of nitrogens with zero attached hydrogens (tertiary/aromatic N) is 1. The molecule has 0 aromatic heterocycles. The van der Waals surface area contributed by atoms with Gasteiger partial charge in [-0.25, -0.2) is 15.6 Å². The zero-order valence-corrected chi connectivity index (χ0v) is 5.50. The molecule has 3 N–H and O–H groups in total. The highest BCUT2D eigenvalue weighted by Gasteiger charge is 2.25. The van der Waals surface area contributed by atoms with Gasteiger partial charge in [-0.05, 0) is 0 Å². The van der Waals surface area contributed by atoms with Crippen molar-refractivity contribution in [2.75, 3.05) is 0 Å². The Morgan fingerprint density at radius 3 is 3.00 bits per heavy atom.